The number of ether oxygens (including phenoxy) is 1. The molecule has 0 saturated heterocycles. The van der Waals surface area contributed by atoms with Crippen molar-refractivity contribution < 1.29 is 23.1 Å². The number of carbonyl (C=O) groups is 1. The van der Waals surface area contributed by atoms with Crippen LogP contribution in [-0.2, 0) is 15.1 Å². The first kappa shape index (κ1) is 16.6. The number of rotatable bonds is 6. The van der Waals surface area contributed by atoms with Gasteiger partial charge in [-0.15, -0.1) is 0 Å². The van der Waals surface area contributed by atoms with Gasteiger partial charge in [0.1, 0.15) is 5.75 Å². The Morgan fingerprint density at radius 1 is 1.22 bits per heavy atom. The van der Waals surface area contributed by atoms with E-state index in [1.807, 2.05) is 0 Å². The highest BCUT2D eigenvalue weighted by Crippen LogP contribution is 2.29. The molecule has 0 spiro atoms. The fraction of sp³-hybridized carbons (Fsp3) is 0.125. The van der Waals surface area contributed by atoms with Crippen LogP contribution in [0.2, 0.25) is 0 Å². The van der Waals surface area contributed by atoms with Crippen LogP contribution in [0.3, 0.4) is 0 Å². The lowest BCUT2D eigenvalue weighted by Gasteiger charge is -2.18. The lowest BCUT2D eigenvalue weighted by atomic mass is 10.1. The molecule has 0 radical (unpaired) electrons. The Kier molecular flexibility index (Phi) is 5.37. The van der Waals surface area contributed by atoms with E-state index in [0.717, 1.165) is 5.37 Å². The van der Waals surface area contributed by atoms with Crippen molar-refractivity contribution in [2.75, 3.05) is 12.4 Å². The molecule has 2 aromatic rings. The SMILES string of the molecule is COc1ccc(C=S(=O)=O)cc1NC(C(=O)O)c1ccccc1. The molecule has 1 unspecified atom stereocenters. The van der Waals surface area contributed by atoms with Crippen molar-refractivity contribution in [3.05, 3.63) is 59.7 Å². The van der Waals surface area contributed by atoms with Gasteiger partial charge in [-0.3, -0.25) is 0 Å². The van der Waals surface area contributed by atoms with Crippen LogP contribution >= 0.6 is 0 Å². The average molecular weight is 333 g/mol. The number of hydrogen-bond acceptors (Lipinski definition) is 5. The molecule has 7 heteroatoms. The second-order valence-electron chi connectivity index (χ2n) is 4.66. The van der Waals surface area contributed by atoms with Gasteiger partial charge in [0.15, 0.2) is 6.04 Å². The highest BCUT2D eigenvalue weighted by atomic mass is 32.2. The summed E-state index contributed by atoms with van der Waals surface area (Å²) >= 11 is 0. The van der Waals surface area contributed by atoms with Gasteiger partial charge in [0.25, 0.3) is 0 Å². The van der Waals surface area contributed by atoms with Crippen LogP contribution in [0.25, 0.3) is 0 Å². The first-order chi connectivity index (χ1) is 11.0. The molecule has 0 aliphatic carbocycles. The minimum Gasteiger partial charge on any atom is -0.495 e. The van der Waals surface area contributed by atoms with E-state index in [-0.39, 0.29) is 0 Å². The highest BCUT2D eigenvalue weighted by molar-refractivity contribution is 7.71. The Morgan fingerprint density at radius 2 is 1.91 bits per heavy atom. The first-order valence-corrected chi connectivity index (χ1v) is 7.80. The van der Waals surface area contributed by atoms with Crippen LogP contribution in [0.4, 0.5) is 5.69 Å². The zero-order valence-corrected chi connectivity index (χ0v) is 13.1. The molecule has 0 heterocycles. The summed E-state index contributed by atoms with van der Waals surface area (Å²) < 4.78 is 26.8. The third-order valence-corrected chi connectivity index (χ3v) is 3.60. The van der Waals surface area contributed by atoms with Crippen LogP contribution in [0.1, 0.15) is 17.2 Å². The zero-order valence-electron chi connectivity index (χ0n) is 12.3. The average Bonchev–Trinajstić information content (AvgIpc) is 2.52. The van der Waals surface area contributed by atoms with E-state index >= 15 is 0 Å². The molecule has 0 saturated carbocycles. The van der Waals surface area contributed by atoms with Gasteiger partial charge in [0.05, 0.1) is 18.2 Å². The van der Waals surface area contributed by atoms with E-state index < -0.39 is 22.3 Å². The third kappa shape index (κ3) is 4.33. The van der Waals surface area contributed by atoms with Crippen molar-refractivity contribution in [1.29, 1.82) is 0 Å². The molecule has 0 aliphatic rings. The van der Waals surface area contributed by atoms with Gasteiger partial charge in [-0.1, -0.05) is 36.4 Å². The van der Waals surface area contributed by atoms with Gasteiger partial charge in [0, 0.05) is 0 Å². The van der Waals surface area contributed by atoms with Gasteiger partial charge in [-0.25, -0.2) is 4.79 Å². The van der Waals surface area contributed by atoms with Crippen molar-refractivity contribution >= 4 is 27.3 Å². The molecule has 2 N–H and O–H groups in total. The summed E-state index contributed by atoms with van der Waals surface area (Å²) in [6.45, 7) is 0. The number of methoxy groups -OCH3 is 1. The summed E-state index contributed by atoms with van der Waals surface area (Å²) in [4.78, 5) is 11.6. The summed E-state index contributed by atoms with van der Waals surface area (Å²) in [5.41, 5.74) is 1.38. The maximum Gasteiger partial charge on any atom is 0.330 e. The molecule has 0 fully saturated rings. The predicted molar refractivity (Wildman–Crippen MR) is 87.5 cm³/mol. The summed E-state index contributed by atoms with van der Waals surface area (Å²) in [5.74, 6) is -0.638. The molecular weight excluding hydrogens is 318 g/mol. The zero-order chi connectivity index (χ0) is 16.8. The van der Waals surface area contributed by atoms with Crippen molar-refractivity contribution in [1.82, 2.24) is 0 Å². The quantitative estimate of drug-likeness (QED) is 0.785. The van der Waals surface area contributed by atoms with Crippen LogP contribution in [0.5, 0.6) is 5.75 Å². The maximum absolute atomic E-state index is 11.6. The predicted octanol–water partition coefficient (Wildman–Crippen LogP) is 1.96. The van der Waals surface area contributed by atoms with E-state index in [9.17, 15) is 18.3 Å². The standard InChI is InChI=1S/C16H15NO5S/c1-22-14-8-7-11(10-23(20)21)9-13(14)17-15(16(18)19)12-5-3-2-4-6-12/h2-10,15,17H,1H3,(H,18,19). The summed E-state index contributed by atoms with van der Waals surface area (Å²) in [6, 6.07) is 12.3. The van der Waals surface area contributed by atoms with Gasteiger partial charge < -0.3 is 15.2 Å². The summed E-state index contributed by atoms with van der Waals surface area (Å²) in [5, 5.41) is 13.4. The Morgan fingerprint density at radius 3 is 2.48 bits per heavy atom. The topological polar surface area (TPSA) is 92.7 Å². The third-order valence-electron chi connectivity index (χ3n) is 3.14. The van der Waals surface area contributed by atoms with Crippen molar-refractivity contribution in [2.24, 2.45) is 0 Å². The minimum atomic E-state index is -2.35. The van der Waals surface area contributed by atoms with Gasteiger partial charge in [0.2, 0.25) is 10.3 Å². The minimum absolute atomic E-state index is 0.392. The van der Waals surface area contributed by atoms with E-state index in [4.69, 9.17) is 4.74 Å². The molecule has 2 aromatic carbocycles. The largest absolute Gasteiger partial charge is 0.495 e. The molecule has 0 bridgehead atoms. The molecule has 2 rings (SSSR count). The monoisotopic (exact) mass is 333 g/mol. The molecule has 6 nitrogen and oxygen atoms in total. The molecular formula is C16H15NO5S. The number of carboxylic acid groups (broad SMARTS) is 1. The normalized spacial score (nSPS) is 11.3. The summed E-state index contributed by atoms with van der Waals surface area (Å²) in [7, 11) is -0.898. The van der Waals surface area contributed by atoms with E-state index in [1.54, 1.807) is 42.5 Å². The fourth-order valence-corrected chi connectivity index (χ4v) is 2.48. The Bertz CT molecular complexity index is 823. The van der Waals surface area contributed by atoms with Crippen molar-refractivity contribution in [2.45, 2.75) is 6.04 Å². The van der Waals surface area contributed by atoms with Gasteiger partial charge >= 0.3 is 5.97 Å². The fourth-order valence-electron chi connectivity index (χ4n) is 2.11. The second kappa shape index (κ2) is 7.46. The number of carboxylic acids is 1. The van der Waals surface area contributed by atoms with Crippen LogP contribution in [-0.4, -0.2) is 32.0 Å². The molecule has 0 aromatic heterocycles. The molecule has 23 heavy (non-hydrogen) atoms. The number of hydrogen-bond donors (Lipinski definition) is 2. The molecule has 1 atom stereocenters. The molecule has 0 amide bonds. The number of benzene rings is 2. The number of aliphatic carboxylic acids is 1. The highest BCUT2D eigenvalue weighted by Gasteiger charge is 2.20. The van der Waals surface area contributed by atoms with Crippen LogP contribution in [0, 0.1) is 0 Å². The smallest absolute Gasteiger partial charge is 0.330 e. The lowest BCUT2D eigenvalue weighted by Crippen LogP contribution is -2.20. The number of anilines is 1. The Labute approximate surface area is 134 Å². The molecule has 0 aliphatic heterocycles. The van der Waals surface area contributed by atoms with Crippen molar-refractivity contribution in [3.63, 3.8) is 0 Å². The van der Waals surface area contributed by atoms with Gasteiger partial charge in [-0.2, -0.15) is 8.42 Å². The van der Waals surface area contributed by atoms with Crippen LogP contribution < -0.4 is 10.1 Å². The Balaban J connectivity index is 2.43. The first-order valence-electron chi connectivity index (χ1n) is 6.66. The maximum atomic E-state index is 11.6. The molecule has 120 valence electrons. The van der Waals surface area contributed by atoms with Crippen LogP contribution in [0.15, 0.2) is 48.5 Å². The van der Waals surface area contributed by atoms with E-state index in [2.05, 4.69) is 5.32 Å². The van der Waals surface area contributed by atoms with Gasteiger partial charge in [-0.05, 0) is 23.3 Å². The van der Waals surface area contributed by atoms with Crippen molar-refractivity contribution in [3.8, 4) is 5.75 Å². The van der Waals surface area contributed by atoms with E-state index in [1.165, 1.54) is 13.2 Å². The lowest BCUT2D eigenvalue weighted by molar-refractivity contribution is -0.138. The van der Waals surface area contributed by atoms with E-state index in [0.29, 0.717) is 22.6 Å². The number of nitrogens with one attached hydrogen (secondary N) is 1. The Hall–Kier alpha value is -2.80. The second-order valence-corrected chi connectivity index (χ2v) is 5.42. The summed E-state index contributed by atoms with van der Waals surface area (Å²) in [6.07, 6.45) is 0.